The highest BCUT2D eigenvalue weighted by Gasteiger charge is 2.43. The molecule has 2 saturated heterocycles. The van der Waals surface area contributed by atoms with Crippen molar-refractivity contribution in [2.24, 2.45) is 5.92 Å². The Balaban J connectivity index is 1.11. The minimum atomic E-state index is -1.00. The van der Waals surface area contributed by atoms with Gasteiger partial charge in [-0.1, -0.05) is 76.2 Å². The number of alkyl carbamates (subject to hydrolysis) is 2. The number of H-pyrrole nitrogens is 1. The number of methoxy groups -OCH3 is 2. The number of benzene rings is 3. The third kappa shape index (κ3) is 7.82. The molecule has 0 bridgehead atoms. The number of likely N-dealkylation sites (tertiary alicyclic amines) is 2. The monoisotopic (exact) mass is 817 g/mol. The highest BCUT2D eigenvalue weighted by molar-refractivity contribution is 5.99. The third-order valence-corrected chi connectivity index (χ3v) is 12.7. The number of nitrogens with one attached hydrogen (secondary N) is 4. The van der Waals surface area contributed by atoms with Crippen LogP contribution in [0.2, 0.25) is 0 Å². The zero-order chi connectivity index (χ0) is 42.7. The summed E-state index contributed by atoms with van der Waals surface area (Å²) >= 11 is 0. The van der Waals surface area contributed by atoms with Crippen LogP contribution in [0.1, 0.15) is 101 Å². The molecular weight excluding hydrogens is 763 g/mol. The summed E-state index contributed by atoms with van der Waals surface area (Å²) in [7, 11) is 2.53. The molecule has 316 valence electrons. The van der Waals surface area contributed by atoms with Crippen LogP contribution in [0.4, 0.5) is 15.3 Å². The number of carbonyl (C=O) groups is 5. The molecule has 4 aromatic rings. The molecule has 0 saturated carbocycles. The van der Waals surface area contributed by atoms with E-state index in [1.807, 2.05) is 37.1 Å². The average Bonchev–Trinajstić information content (AvgIpc) is 4.10. The second-order valence-corrected chi connectivity index (χ2v) is 16.2. The van der Waals surface area contributed by atoms with E-state index in [-0.39, 0.29) is 35.1 Å². The van der Waals surface area contributed by atoms with Crippen molar-refractivity contribution >= 4 is 35.6 Å². The van der Waals surface area contributed by atoms with Crippen LogP contribution in [0.5, 0.6) is 0 Å². The number of ether oxygens (including phenoxy) is 2. The summed E-state index contributed by atoms with van der Waals surface area (Å²) in [5, 5.41) is 8.50. The molecule has 4 atom stereocenters. The summed E-state index contributed by atoms with van der Waals surface area (Å²) in [5.41, 5.74) is 7.33. The molecule has 2 aliphatic heterocycles. The molecule has 0 radical (unpaired) electrons. The molecule has 5 amide bonds. The van der Waals surface area contributed by atoms with E-state index in [0.29, 0.717) is 43.0 Å². The van der Waals surface area contributed by atoms with Gasteiger partial charge in [0, 0.05) is 24.2 Å². The number of hydrogen-bond donors (Lipinski definition) is 4. The maximum Gasteiger partial charge on any atom is 0.407 e. The molecule has 60 heavy (non-hydrogen) atoms. The summed E-state index contributed by atoms with van der Waals surface area (Å²) in [6.07, 6.45) is 4.84. The van der Waals surface area contributed by atoms with Crippen LogP contribution in [0.3, 0.4) is 0 Å². The van der Waals surface area contributed by atoms with E-state index in [1.54, 1.807) is 29.2 Å². The number of nitrogens with zero attached hydrogens (tertiary/aromatic N) is 3. The molecule has 0 unspecified atom stereocenters. The first-order chi connectivity index (χ1) is 28.9. The zero-order valence-corrected chi connectivity index (χ0v) is 35.2. The van der Waals surface area contributed by atoms with E-state index in [9.17, 15) is 24.0 Å². The molecule has 3 aliphatic rings. The maximum absolute atomic E-state index is 14.0. The molecule has 3 aromatic carbocycles. The first-order valence-electron chi connectivity index (χ1n) is 20.9. The third-order valence-electron chi connectivity index (χ3n) is 12.7. The van der Waals surface area contributed by atoms with Crippen LogP contribution < -0.4 is 16.0 Å². The molecule has 2 fully saturated rings. The Morgan fingerprint density at radius 2 is 1.47 bits per heavy atom. The summed E-state index contributed by atoms with van der Waals surface area (Å²) in [6, 6.07) is 18.8. The topological polar surface area (TPSA) is 175 Å². The minimum Gasteiger partial charge on any atom is -0.453 e. The minimum absolute atomic E-state index is 0.130. The predicted octanol–water partition coefficient (Wildman–Crippen LogP) is 7.23. The predicted molar refractivity (Wildman–Crippen MR) is 227 cm³/mol. The highest BCUT2D eigenvalue weighted by Crippen LogP contribution is 2.54. The van der Waals surface area contributed by atoms with Crippen molar-refractivity contribution in [1.82, 2.24) is 30.4 Å². The van der Waals surface area contributed by atoms with Gasteiger partial charge in [0.15, 0.2) is 0 Å². The van der Waals surface area contributed by atoms with Gasteiger partial charge in [0.2, 0.25) is 11.8 Å². The van der Waals surface area contributed by atoms with Crippen molar-refractivity contribution in [3.8, 4) is 22.4 Å². The molecule has 7 rings (SSSR count). The SMILES string of the molecule is CCC1(CC)c2cc(NC(=O)[C@@H]3CCCN3C(=O)[C@H](NC(=O)OC)c3ccccc3)ccc2-c2ccc(-c3cnc([C@@H]4CCCN4C(=O)[C@@H](NC(=O)OC)C(C)C)[nH]3)cc21. The number of aromatic nitrogens is 2. The fourth-order valence-corrected chi connectivity index (χ4v) is 9.40. The van der Waals surface area contributed by atoms with Crippen molar-refractivity contribution in [2.45, 2.75) is 95.8 Å². The number of hydrogen-bond acceptors (Lipinski definition) is 8. The molecule has 14 heteroatoms. The Bertz CT molecular complexity index is 2250. The zero-order valence-electron chi connectivity index (χ0n) is 35.2. The summed E-state index contributed by atoms with van der Waals surface area (Å²) < 4.78 is 9.61. The number of aromatic amines is 1. The lowest BCUT2D eigenvalue weighted by molar-refractivity contribution is -0.138. The maximum atomic E-state index is 14.0. The quantitative estimate of drug-likeness (QED) is 0.116. The molecule has 1 aromatic heterocycles. The number of fused-ring (bicyclic) bond motifs is 3. The first kappa shape index (κ1) is 42.0. The van der Waals surface area contributed by atoms with Crippen molar-refractivity contribution in [2.75, 3.05) is 32.6 Å². The lowest BCUT2D eigenvalue weighted by atomic mass is 9.73. The van der Waals surface area contributed by atoms with E-state index in [4.69, 9.17) is 14.5 Å². The van der Waals surface area contributed by atoms with Gasteiger partial charge < -0.3 is 40.2 Å². The van der Waals surface area contributed by atoms with Crippen molar-refractivity contribution in [3.63, 3.8) is 0 Å². The molecule has 3 heterocycles. The summed E-state index contributed by atoms with van der Waals surface area (Å²) in [5.74, 6) is -0.229. The van der Waals surface area contributed by atoms with Gasteiger partial charge in [-0.2, -0.15) is 0 Å². The van der Waals surface area contributed by atoms with Crippen LogP contribution in [-0.2, 0) is 29.3 Å². The van der Waals surface area contributed by atoms with E-state index >= 15 is 0 Å². The molecule has 0 spiro atoms. The highest BCUT2D eigenvalue weighted by atomic mass is 16.5. The van der Waals surface area contributed by atoms with Gasteiger partial charge in [-0.05, 0) is 96.0 Å². The fraction of sp³-hybridized carbons (Fsp3) is 0.435. The number of anilines is 1. The normalized spacial score (nSPS) is 18.6. The van der Waals surface area contributed by atoms with Gasteiger partial charge in [0.25, 0.3) is 5.91 Å². The van der Waals surface area contributed by atoms with Gasteiger partial charge in [0.1, 0.15) is 23.9 Å². The van der Waals surface area contributed by atoms with E-state index in [1.165, 1.54) is 19.8 Å². The average molecular weight is 818 g/mol. The molecular formula is C46H55N7O7. The molecule has 1 aliphatic carbocycles. The van der Waals surface area contributed by atoms with E-state index in [2.05, 4.69) is 65.1 Å². The molecule has 14 nitrogen and oxygen atoms in total. The van der Waals surface area contributed by atoms with Gasteiger partial charge in [-0.15, -0.1) is 0 Å². The summed E-state index contributed by atoms with van der Waals surface area (Å²) in [4.78, 5) is 77.7. The van der Waals surface area contributed by atoms with Gasteiger partial charge in [-0.25, -0.2) is 14.6 Å². The molecule has 4 N–H and O–H groups in total. The largest absolute Gasteiger partial charge is 0.453 e. The van der Waals surface area contributed by atoms with Gasteiger partial charge in [0.05, 0.1) is 32.2 Å². The van der Waals surface area contributed by atoms with Crippen LogP contribution in [0.25, 0.3) is 22.4 Å². The lowest BCUT2D eigenvalue weighted by Crippen LogP contribution is -2.51. The Hall–Kier alpha value is -6.18. The van der Waals surface area contributed by atoms with Gasteiger partial charge in [-0.3, -0.25) is 14.4 Å². The van der Waals surface area contributed by atoms with Crippen LogP contribution in [0.15, 0.2) is 72.9 Å². The van der Waals surface area contributed by atoms with Crippen molar-refractivity contribution in [3.05, 3.63) is 95.4 Å². The number of rotatable bonds is 12. The lowest BCUT2D eigenvalue weighted by Gasteiger charge is -2.30. The van der Waals surface area contributed by atoms with E-state index in [0.717, 1.165) is 53.6 Å². The van der Waals surface area contributed by atoms with Crippen LogP contribution in [0, 0.1) is 5.92 Å². The Labute approximate surface area is 350 Å². The Kier molecular flexibility index (Phi) is 12.3. The second-order valence-electron chi connectivity index (χ2n) is 16.2. The van der Waals surface area contributed by atoms with Crippen LogP contribution >= 0.6 is 0 Å². The van der Waals surface area contributed by atoms with Crippen molar-refractivity contribution < 1.29 is 33.4 Å². The number of amides is 5. The second kappa shape index (κ2) is 17.6. The van der Waals surface area contributed by atoms with Gasteiger partial charge >= 0.3 is 12.2 Å². The Morgan fingerprint density at radius 1 is 0.817 bits per heavy atom. The smallest absolute Gasteiger partial charge is 0.407 e. The van der Waals surface area contributed by atoms with E-state index < -0.39 is 30.3 Å². The first-order valence-corrected chi connectivity index (χ1v) is 20.9. The standard InChI is InChI=1S/C46H55N7O7/c1-7-46(8-2)33-24-29(35-26-47-40(49-35)36-16-12-22-52(36)42(55)38(27(3)4)50-44(57)59-5)18-20-31(33)32-21-19-30(25-34(32)46)48-41(54)37-17-13-23-53(37)43(56)39(51-45(58)60-6)28-14-10-9-11-15-28/h9-11,14-15,18-21,24-27,36-39H,7-8,12-13,16-17,22-23H2,1-6H3,(H,47,49)(H,48,54)(H,50,57)(H,51,58)/t36-,37-,38-,39+/m0/s1. The summed E-state index contributed by atoms with van der Waals surface area (Å²) in [6.45, 7) is 9.13. The number of carbonyl (C=O) groups excluding carboxylic acids is 5. The van der Waals surface area contributed by atoms with Crippen LogP contribution in [-0.4, -0.2) is 89.1 Å². The number of imidazole rings is 1. The van der Waals surface area contributed by atoms with Crippen molar-refractivity contribution in [1.29, 1.82) is 0 Å². The fourth-order valence-electron chi connectivity index (χ4n) is 9.40. The Morgan fingerprint density at radius 3 is 2.15 bits per heavy atom.